The Hall–Kier alpha value is -3.13. The molecule has 6 rings (SSSR count). The summed E-state index contributed by atoms with van der Waals surface area (Å²) >= 11 is 17.5. The molecule has 1 saturated heterocycles. The second-order valence-corrected chi connectivity index (χ2v) is 14.6. The molecule has 16 heteroatoms. The van der Waals surface area contributed by atoms with Crippen molar-refractivity contribution in [3.8, 4) is 0 Å². The van der Waals surface area contributed by atoms with Crippen molar-refractivity contribution in [1.82, 2.24) is 24.5 Å². The summed E-state index contributed by atoms with van der Waals surface area (Å²) in [4.78, 5) is 28.7. The van der Waals surface area contributed by atoms with E-state index in [0.29, 0.717) is 29.8 Å². The second-order valence-electron chi connectivity index (χ2n) is 13.6. The summed E-state index contributed by atoms with van der Waals surface area (Å²) in [5, 5.41) is 25.0. The van der Waals surface area contributed by atoms with Crippen molar-refractivity contribution in [2.24, 2.45) is 15.9 Å². The van der Waals surface area contributed by atoms with Crippen LogP contribution < -0.4 is 0 Å². The topological polar surface area (TPSA) is 181 Å². The van der Waals surface area contributed by atoms with Gasteiger partial charge in [0.2, 0.25) is 0 Å². The van der Waals surface area contributed by atoms with Crippen molar-refractivity contribution in [3.05, 3.63) is 81.7 Å². The highest BCUT2D eigenvalue weighted by Crippen LogP contribution is 2.57. The summed E-state index contributed by atoms with van der Waals surface area (Å²) in [6.45, 7) is 15.8. The fraction of sp³-hybridized carbons (Fsp3) is 0.571. The summed E-state index contributed by atoms with van der Waals surface area (Å²) in [6.07, 6.45) is 12.4. The molecule has 3 aliphatic rings. The molecule has 4 heterocycles. The van der Waals surface area contributed by atoms with Crippen molar-refractivity contribution < 1.29 is 24.5 Å². The minimum Gasteiger partial charge on any atom is -0.390 e. The number of allylic oxidation sites excluding steroid dienone is 2. The average Bonchev–Trinajstić information content (AvgIpc) is 3.81. The third-order valence-corrected chi connectivity index (χ3v) is 11.3. The highest BCUT2D eigenvalue weighted by Gasteiger charge is 2.60. The number of aromatic nitrogens is 5. The molecule has 2 saturated carbocycles. The maximum Gasteiger partial charge on any atom is 0.163 e. The Bertz CT molecular complexity index is 1730. The number of ether oxygens (including phenoxy) is 2. The van der Waals surface area contributed by atoms with E-state index in [1.165, 1.54) is 12.7 Å². The minimum atomic E-state index is -0.958. The molecule has 0 spiro atoms. The number of azide groups is 1. The van der Waals surface area contributed by atoms with Crippen molar-refractivity contribution in [1.29, 1.82) is 0 Å². The molecule has 13 nitrogen and oxygen atoms in total. The second kappa shape index (κ2) is 17.1. The third kappa shape index (κ3) is 8.42. The molecule has 51 heavy (non-hydrogen) atoms. The van der Waals surface area contributed by atoms with Crippen molar-refractivity contribution in [3.63, 3.8) is 0 Å². The molecule has 3 aromatic heterocycles. The monoisotopic (exact) mass is 762 g/mol. The van der Waals surface area contributed by atoms with E-state index in [4.69, 9.17) is 49.8 Å². The van der Waals surface area contributed by atoms with Crippen LogP contribution in [0, 0.1) is 10.8 Å². The minimum absolute atomic E-state index is 0.0146. The molecule has 0 radical (unpaired) electrons. The SMILES string of the molecule is C=CC[C@@]1(CC)C[C@@H](N=[N+]=[N-])[C@H](O)[C@@H]1O.C=CC[C@@]1(CC)C[C@@H](n2ccc3c(Cl)ncnc32)[C@@H]2OC(C)(C)O[C@@H]21.O=CCc1c(Cl)ncnc1Cl. The number of aliphatic hydroxyl groups is 2. The van der Waals surface area contributed by atoms with E-state index in [9.17, 15) is 15.0 Å². The maximum atomic E-state index is 10.1. The van der Waals surface area contributed by atoms with Crippen LogP contribution in [0.5, 0.6) is 0 Å². The van der Waals surface area contributed by atoms with Crippen LogP contribution in [0.4, 0.5) is 0 Å². The zero-order valence-electron chi connectivity index (χ0n) is 29.2. The Morgan fingerprint density at radius 2 is 1.61 bits per heavy atom. The summed E-state index contributed by atoms with van der Waals surface area (Å²) in [6, 6.07) is 1.60. The summed E-state index contributed by atoms with van der Waals surface area (Å²) < 4.78 is 14.9. The number of halogens is 3. The van der Waals surface area contributed by atoms with E-state index in [2.05, 4.69) is 54.6 Å². The van der Waals surface area contributed by atoms with Gasteiger partial charge < -0.3 is 29.0 Å². The molecular formula is C35H45Cl3N8O5. The summed E-state index contributed by atoms with van der Waals surface area (Å²) in [5.41, 5.74) is 9.31. The molecule has 0 amide bonds. The quantitative estimate of drug-likeness (QED) is 0.0520. The molecule has 2 aliphatic carbocycles. The lowest BCUT2D eigenvalue weighted by molar-refractivity contribution is -0.169. The van der Waals surface area contributed by atoms with Gasteiger partial charge in [0, 0.05) is 33.9 Å². The zero-order valence-corrected chi connectivity index (χ0v) is 31.5. The lowest BCUT2D eigenvalue weighted by Gasteiger charge is -2.33. The fourth-order valence-electron chi connectivity index (χ4n) is 7.65. The Labute approximate surface area is 312 Å². The lowest BCUT2D eigenvalue weighted by Crippen LogP contribution is -2.36. The van der Waals surface area contributed by atoms with Gasteiger partial charge in [-0.25, -0.2) is 19.9 Å². The van der Waals surface area contributed by atoms with Crippen molar-refractivity contribution in [2.75, 3.05) is 0 Å². The predicted octanol–water partition coefficient (Wildman–Crippen LogP) is 7.81. The number of rotatable bonds is 10. The Kier molecular flexibility index (Phi) is 13.7. The van der Waals surface area contributed by atoms with Gasteiger partial charge in [0.05, 0.1) is 35.8 Å². The molecule has 8 atom stereocenters. The van der Waals surface area contributed by atoms with Gasteiger partial charge in [0.25, 0.3) is 0 Å². The molecule has 0 bridgehead atoms. The van der Waals surface area contributed by atoms with E-state index in [-0.39, 0.29) is 45.8 Å². The molecule has 276 valence electrons. The number of fused-ring (bicyclic) bond motifs is 2. The van der Waals surface area contributed by atoms with Crippen LogP contribution in [-0.2, 0) is 20.7 Å². The molecule has 0 unspecified atom stereocenters. The van der Waals surface area contributed by atoms with E-state index >= 15 is 0 Å². The van der Waals surface area contributed by atoms with Crippen LogP contribution in [0.3, 0.4) is 0 Å². The number of nitrogens with zero attached hydrogens (tertiary/aromatic N) is 8. The van der Waals surface area contributed by atoms with E-state index in [1.807, 2.05) is 39.1 Å². The number of aldehydes is 1. The normalized spacial score (nSPS) is 30.3. The van der Waals surface area contributed by atoms with E-state index in [1.54, 1.807) is 6.08 Å². The van der Waals surface area contributed by atoms with Crippen LogP contribution in [-0.4, -0.2) is 77.2 Å². The number of hydrogen-bond donors (Lipinski definition) is 2. The van der Waals surface area contributed by atoms with Crippen LogP contribution in [0.1, 0.15) is 77.8 Å². The van der Waals surface area contributed by atoms with Crippen LogP contribution >= 0.6 is 34.8 Å². The van der Waals surface area contributed by atoms with Gasteiger partial charge in [-0.1, -0.05) is 65.9 Å². The number of aliphatic hydroxyl groups excluding tert-OH is 2. The molecule has 3 fully saturated rings. The van der Waals surface area contributed by atoms with Crippen molar-refractivity contribution >= 4 is 52.1 Å². The summed E-state index contributed by atoms with van der Waals surface area (Å²) in [5.74, 6) is -0.578. The molecule has 0 aromatic carbocycles. The van der Waals surface area contributed by atoms with Gasteiger partial charge in [-0.05, 0) is 64.0 Å². The smallest absolute Gasteiger partial charge is 0.163 e. The number of carbonyl (C=O) groups excluding carboxylic acids is 1. The standard InChI is InChI=1S/C19H24ClN3O2.C10H17N3O2.C6H4Cl2N2O/c1-5-8-19(6-2)10-13(14-15(19)25-18(3,4)24-14)23-9-7-12-16(20)21-11-22-17(12)23;1-3-5-10(4-2)6-7(12-13-11)8(14)9(10)15;7-5-4(1-2-11)6(8)10-3-9-5/h5,7,9,11,13-15H,1,6,8,10H2,2-4H3;3,7-9,14-15H,1,4-6H2,2H3;2-3H,1H2/t13-,14+,15+,19+;7-,8+,9+,10+;/m11./s1. The Morgan fingerprint density at radius 1 is 1.00 bits per heavy atom. The molecule has 2 N–H and O–H groups in total. The first-order valence-electron chi connectivity index (χ1n) is 16.8. The first kappa shape index (κ1) is 40.6. The maximum absolute atomic E-state index is 10.1. The molecule has 1 aliphatic heterocycles. The Balaban J connectivity index is 0.000000191. The van der Waals surface area contributed by atoms with Crippen LogP contribution in [0.25, 0.3) is 21.5 Å². The van der Waals surface area contributed by atoms with Gasteiger partial charge in [0.15, 0.2) is 5.79 Å². The van der Waals surface area contributed by atoms with E-state index < -0.39 is 24.0 Å². The average molecular weight is 764 g/mol. The Morgan fingerprint density at radius 3 is 2.20 bits per heavy atom. The zero-order chi connectivity index (χ0) is 37.6. The van der Waals surface area contributed by atoms with Gasteiger partial charge in [-0.3, -0.25) is 0 Å². The predicted molar refractivity (Wildman–Crippen MR) is 196 cm³/mol. The van der Waals surface area contributed by atoms with Crippen LogP contribution in [0.2, 0.25) is 15.5 Å². The summed E-state index contributed by atoms with van der Waals surface area (Å²) in [7, 11) is 0. The van der Waals surface area contributed by atoms with Crippen LogP contribution in [0.15, 0.2) is 55.3 Å². The first-order valence-corrected chi connectivity index (χ1v) is 17.9. The molecule has 3 aromatic rings. The highest BCUT2D eigenvalue weighted by atomic mass is 35.5. The van der Waals surface area contributed by atoms with Gasteiger partial charge in [0.1, 0.15) is 46.2 Å². The van der Waals surface area contributed by atoms with Gasteiger partial charge >= 0.3 is 0 Å². The fourth-order valence-corrected chi connectivity index (χ4v) is 8.31. The third-order valence-electron chi connectivity index (χ3n) is 10.3. The first-order chi connectivity index (χ1) is 24.3. The number of carbonyl (C=O) groups is 1. The largest absolute Gasteiger partial charge is 0.390 e. The van der Waals surface area contributed by atoms with Crippen molar-refractivity contribution in [2.45, 2.75) is 115 Å². The van der Waals surface area contributed by atoms with Gasteiger partial charge in [-0.15, -0.1) is 13.2 Å². The lowest BCUT2D eigenvalue weighted by atomic mass is 9.78. The molecular weight excluding hydrogens is 719 g/mol. The number of hydrogen-bond acceptors (Lipinski definition) is 10. The van der Waals surface area contributed by atoms with E-state index in [0.717, 1.165) is 36.7 Å². The highest BCUT2D eigenvalue weighted by molar-refractivity contribution is 6.34. The van der Waals surface area contributed by atoms with Gasteiger partial charge in [-0.2, -0.15) is 0 Å².